The van der Waals surface area contributed by atoms with Crippen LogP contribution in [0.4, 0.5) is 0 Å². The lowest BCUT2D eigenvalue weighted by atomic mass is 10.6. The Morgan fingerprint density at radius 2 is 2.38 bits per heavy atom. The van der Waals surface area contributed by atoms with Crippen molar-refractivity contribution < 1.29 is 12.9 Å². The fourth-order valence-corrected chi connectivity index (χ4v) is 3.07. The zero-order valence-electron chi connectivity index (χ0n) is 8.37. The van der Waals surface area contributed by atoms with Crippen molar-refractivity contribution in [3.63, 3.8) is 0 Å². The van der Waals surface area contributed by atoms with Crippen LogP contribution in [0, 0.1) is 6.92 Å². The molecule has 1 N–H and O–H groups in total. The molecule has 6 nitrogen and oxygen atoms in total. The van der Waals surface area contributed by atoms with Gasteiger partial charge in [0.25, 0.3) is 10.0 Å². The molecule has 0 aromatic carbocycles. The molecular weight excluding hydrogens is 250 g/mol. The summed E-state index contributed by atoms with van der Waals surface area (Å²) in [7, 11) is -3.47. The Bertz CT molecular complexity index is 559. The van der Waals surface area contributed by atoms with Gasteiger partial charge in [0, 0.05) is 0 Å². The van der Waals surface area contributed by atoms with E-state index >= 15 is 0 Å². The van der Waals surface area contributed by atoms with Gasteiger partial charge in [0.05, 0.1) is 6.54 Å². The molecule has 0 fully saturated rings. The second-order valence-electron chi connectivity index (χ2n) is 2.99. The van der Waals surface area contributed by atoms with Gasteiger partial charge in [-0.3, -0.25) is 0 Å². The molecule has 0 radical (unpaired) electrons. The van der Waals surface area contributed by atoms with Crippen LogP contribution in [0.15, 0.2) is 26.2 Å². The number of hydrogen-bond acceptors (Lipinski definition) is 6. The smallest absolute Gasteiger partial charge is 0.250 e. The van der Waals surface area contributed by atoms with Crippen molar-refractivity contribution in [3.05, 3.63) is 29.2 Å². The Kier molecular flexibility index (Phi) is 3.03. The summed E-state index contributed by atoms with van der Waals surface area (Å²) in [6.45, 7) is 1.67. The lowest BCUT2D eigenvalue weighted by Crippen LogP contribution is -2.22. The van der Waals surface area contributed by atoms with Gasteiger partial charge in [0.2, 0.25) is 5.89 Å². The van der Waals surface area contributed by atoms with Crippen molar-refractivity contribution in [2.75, 3.05) is 0 Å². The van der Waals surface area contributed by atoms with Crippen LogP contribution < -0.4 is 4.72 Å². The third kappa shape index (κ3) is 2.46. The van der Waals surface area contributed by atoms with Gasteiger partial charge in [-0.15, -0.1) is 11.3 Å². The van der Waals surface area contributed by atoms with E-state index in [9.17, 15) is 8.42 Å². The zero-order chi connectivity index (χ0) is 11.6. The summed E-state index contributed by atoms with van der Waals surface area (Å²) < 4.78 is 30.8. The van der Waals surface area contributed by atoms with Gasteiger partial charge in [-0.2, -0.15) is 4.98 Å². The number of nitrogens with zero attached hydrogens (tertiary/aromatic N) is 2. The van der Waals surface area contributed by atoms with E-state index in [0.29, 0.717) is 5.82 Å². The number of thiophene rings is 1. The molecule has 8 heteroatoms. The van der Waals surface area contributed by atoms with Gasteiger partial charge in [-0.25, -0.2) is 13.1 Å². The maximum atomic E-state index is 11.7. The number of aromatic nitrogens is 2. The summed E-state index contributed by atoms with van der Waals surface area (Å²) in [6.07, 6.45) is 0. The van der Waals surface area contributed by atoms with Crippen LogP contribution in [0.25, 0.3) is 0 Å². The highest BCUT2D eigenvalue weighted by Gasteiger charge is 2.15. The van der Waals surface area contributed by atoms with Crippen molar-refractivity contribution in [2.24, 2.45) is 0 Å². The topological polar surface area (TPSA) is 85.1 Å². The fraction of sp³-hybridized carbons (Fsp3) is 0.250. The Balaban J connectivity index is 2.06. The van der Waals surface area contributed by atoms with Gasteiger partial charge in [-0.1, -0.05) is 11.2 Å². The largest absolute Gasteiger partial charge is 0.338 e. The molecule has 0 aliphatic rings. The summed E-state index contributed by atoms with van der Waals surface area (Å²) in [4.78, 5) is 3.89. The van der Waals surface area contributed by atoms with Crippen LogP contribution in [0.2, 0.25) is 0 Å². The standard InChI is InChI=1S/C8H9N3O3S2/c1-6-10-7(14-11-6)5-9-16(12,13)8-3-2-4-15-8/h2-4,9H,5H2,1H3. The molecule has 86 valence electrons. The first-order chi connectivity index (χ1) is 7.58. The number of sulfonamides is 1. The van der Waals surface area contributed by atoms with Gasteiger partial charge >= 0.3 is 0 Å². The van der Waals surface area contributed by atoms with Gasteiger partial charge < -0.3 is 4.52 Å². The third-order valence-corrected chi connectivity index (χ3v) is 4.54. The summed E-state index contributed by atoms with van der Waals surface area (Å²) in [5.41, 5.74) is 0. The predicted molar refractivity (Wildman–Crippen MR) is 57.4 cm³/mol. The highest BCUT2D eigenvalue weighted by atomic mass is 32.2. The number of hydrogen-bond donors (Lipinski definition) is 1. The van der Waals surface area contributed by atoms with E-state index in [0.717, 1.165) is 11.3 Å². The third-order valence-electron chi connectivity index (χ3n) is 1.74. The summed E-state index contributed by atoms with van der Waals surface area (Å²) >= 11 is 1.15. The first kappa shape index (κ1) is 11.2. The van der Waals surface area contributed by atoms with Gasteiger partial charge in [-0.05, 0) is 18.4 Å². The minimum absolute atomic E-state index is 0.00106. The molecule has 0 saturated carbocycles. The molecule has 2 heterocycles. The normalized spacial score (nSPS) is 11.8. The molecule has 0 unspecified atom stereocenters. The van der Waals surface area contributed by atoms with Crippen LogP contribution >= 0.6 is 11.3 Å². The molecule has 2 aromatic heterocycles. The second-order valence-corrected chi connectivity index (χ2v) is 5.93. The Morgan fingerprint density at radius 3 is 2.94 bits per heavy atom. The molecule has 0 bridgehead atoms. The van der Waals surface area contributed by atoms with E-state index in [4.69, 9.17) is 4.52 Å². The first-order valence-electron chi connectivity index (χ1n) is 4.40. The Hall–Kier alpha value is -1.25. The highest BCUT2D eigenvalue weighted by Crippen LogP contribution is 2.15. The fourth-order valence-electron chi connectivity index (χ4n) is 1.06. The number of nitrogens with one attached hydrogen (secondary N) is 1. The minimum atomic E-state index is -3.47. The molecular formula is C8H9N3O3S2. The lowest BCUT2D eigenvalue weighted by Gasteiger charge is -2.00. The Morgan fingerprint density at radius 1 is 1.56 bits per heavy atom. The van der Waals surface area contributed by atoms with Crippen molar-refractivity contribution in [3.8, 4) is 0 Å². The SMILES string of the molecule is Cc1noc(CNS(=O)(=O)c2cccs2)n1. The highest BCUT2D eigenvalue weighted by molar-refractivity contribution is 7.91. The lowest BCUT2D eigenvalue weighted by molar-refractivity contribution is 0.372. The molecule has 2 aromatic rings. The molecule has 0 aliphatic carbocycles. The van der Waals surface area contributed by atoms with Gasteiger partial charge in [0.15, 0.2) is 5.82 Å². The summed E-state index contributed by atoms with van der Waals surface area (Å²) in [6, 6.07) is 3.21. The van der Waals surface area contributed by atoms with Crippen molar-refractivity contribution in [1.29, 1.82) is 0 Å². The summed E-state index contributed by atoms with van der Waals surface area (Å²) in [5, 5.41) is 5.26. The van der Waals surface area contributed by atoms with Crippen LogP contribution in [-0.4, -0.2) is 18.6 Å². The molecule has 2 rings (SSSR count). The quantitative estimate of drug-likeness (QED) is 0.882. The second kappa shape index (κ2) is 4.32. The van der Waals surface area contributed by atoms with Crippen LogP contribution in [-0.2, 0) is 16.6 Å². The van der Waals surface area contributed by atoms with Crippen LogP contribution in [0.5, 0.6) is 0 Å². The van der Waals surface area contributed by atoms with E-state index in [1.54, 1.807) is 18.4 Å². The average Bonchev–Trinajstić information content (AvgIpc) is 2.85. The number of aryl methyl sites for hydroxylation is 1. The maximum absolute atomic E-state index is 11.7. The van der Waals surface area contributed by atoms with E-state index in [1.165, 1.54) is 6.07 Å². The first-order valence-corrected chi connectivity index (χ1v) is 6.76. The van der Waals surface area contributed by atoms with Crippen LogP contribution in [0.3, 0.4) is 0 Å². The van der Waals surface area contributed by atoms with E-state index in [1.807, 2.05) is 0 Å². The van der Waals surface area contributed by atoms with Crippen LogP contribution in [0.1, 0.15) is 11.7 Å². The minimum Gasteiger partial charge on any atom is -0.338 e. The molecule has 0 aliphatic heterocycles. The zero-order valence-corrected chi connectivity index (χ0v) is 10.0. The molecule has 0 saturated heterocycles. The molecule has 16 heavy (non-hydrogen) atoms. The van der Waals surface area contributed by atoms with E-state index in [-0.39, 0.29) is 16.6 Å². The van der Waals surface area contributed by atoms with Crippen molar-refractivity contribution >= 4 is 21.4 Å². The van der Waals surface area contributed by atoms with Gasteiger partial charge in [0.1, 0.15) is 4.21 Å². The maximum Gasteiger partial charge on any atom is 0.250 e. The Labute approximate surface area is 96.4 Å². The molecule has 0 spiro atoms. The van der Waals surface area contributed by atoms with E-state index in [2.05, 4.69) is 14.9 Å². The van der Waals surface area contributed by atoms with Crippen molar-refractivity contribution in [2.45, 2.75) is 17.7 Å². The van der Waals surface area contributed by atoms with E-state index < -0.39 is 10.0 Å². The molecule has 0 amide bonds. The summed E-state index contributed by atoms with van der Waals surface area (Å²) in [5.74, 6) is 0.725. The average molecular weight is 259 g/mol. The molecule has 0 atom stereocenters. The number of rotatable bonds is 4. The predicted octanol–water partition coefficient (Wildman–Crippen LogP) is 0.918. The monoisotopic (exact) mass is 259 g/mol. The van der Waals surface area contributed by atoms with Crippen molar-refractivity contribution in [1.82, 2.24) is 14.9 Å².